The van der Waals surface area contributed by atoms with E-state index in [4.69, 9.17) is 4.74 Å². The number of rotatable bonds is 2. The molecule has 0 unspecified atom stereocenters. The fourth-order valence-electron chi connectivity index (χ4n) is 0.782. The highest BCUT2D eigenvalue weighted by atomic mass is 127. The summed E-state index contributed by atoms with van der Waals surface area (Å²) in [7, 11) is 1.55. The summed E-state index contributed by atoms with van der Waals surface area (Å²) in [5.41, 5.74) is 0.591. The van der Waals surface area contributed by atoms with Crippen molar-refractivity contribution in [2.24, 2.45) is 0 Å². The smallest absolute Gasteiger partial charge is 0.153 e. The Morgan fingerprint density at radius 1 is 1.55 bits per heavy atom. The van der Waals surface area contributed by atoms with Crippen LogP contribution in [-0.2, 0) is 0 Å². The Balaban J connectivity index is 3.16. The fraction of sp³-hybridized carbons (Fsp3) is 0.125. The maximum Gasteiger partial charge on any atom is 0.153 e. The first-order chi connectivity index (χ1) is 5.27. The van der Waals surface area contributed by atoms with E-state index in [9.17, 15) is 4.79 Å². The Hall–Kier alpha value is -0.580. The van der Waals surface area contributed by atoms with E-state index in [1.807, 2.05) is 12.1 Å². The molecule has 0 amide bonds. The van der Waals surface area contributed by atoms with E-state index in [2.05, 4.69) is 22.6 Å². The van der Waals surface area contributed by atoms with Crippen molar-refractivity contribution >= 4 is 28.9 Å². The zero-order chi connectivity index (χ0) is 8.27. The third kappa shape index (κ3) is 1.92. The van der Waals surface area contributed by atoms with Crippen LogP contribution in [0.3, 0.4) is 0 Å². The first-order valence-corrected chi connectivity index (χ1v) is 4.14. The Morgan fingerprint density at radius 3 is 2.82 bits per heavy atom. The second kappa shape index (κ2) is 3.71. The van der Waals surface area contributed by atoms with E-state index < -0.39 is 0 Å². The van der Waals surface area contributed by atoms with Gasteiger partial charge in [-0.25, -0.2) is 0 Å². The number of benzene rings is 1. The Bertz CT molecular complexity index is 271. The van der Waals surface area contributed by atoms with Crippen molar-refractivity contribution in [1.29, 1.82) is 0 Å². The van der Waals surface area contributed by atoms with Crippen LogP contribution in [0.15, 0.2) is 18.2 Å². The van der Waals surface area contributed by atoms with Gasteiger partial charge in [-0.1, -0.05) is 0 Å². The molecule has 0 atom stereocenters. The standard InChI is InChI=1S/C8H7IO2/c1-11-8-4-7(9)3-2-6(8)5-10/h2-5H,1H3. The van der Waals surface area contributed by atoms with Gasteiger partial charge in [0.15, 0.2) is 6.29 Å². The monoisotopic (exact) mass is 262 g/mol. The van der Waals surface area contributed by atoms with E-state index in [-0.39, 0.29) is 0 Å². The minimum absolute atomic E-state index is 0.591. The number of hydrogen-bond donors (Lipinski definition) is 0. The van der Waals surface area contributed by atoms with Crippen LogP contribution in [-0.4, -0.2) is 13.4 Å². The highest BCUT2D eigenvalue weighted by molar-refractivity contribution is 14.1. The molecule has 0 saturated carbocycles. The van der Waals surface area contributed by atoms with E-state index in [0.717, 1.165) is 9.86 Å². The quantitative estimate of drug-likeness (QED) is 0.602. The lowest BCUT2D eigenvalue weighted by Crippen LogP contribution is -1.90. The van der Waals surface area contributed by atoms with Crippen LogP contribution >= 0.6 is 22.6 Å². The predicted molar refractivity (Wildman–Crippen MR) is 51.1 cm³/mol. The van der Waals surface area contributed by atoms with Crippen LogP contribution in [0, 0.1) is 3.57 Å². The molecule has 0 radical (unpaired) electrons. The molecule has 11 heavy (non-hydrogen) atoms. The van der Waals surface area contributed by atoms with Gasteiger partial charge in [0, 0.05) is 3.57 Å². The summed E-state index contributed by atoms with van der Waals surface area (Å²) in [5, 5.41) is 0. The lowest BCUT2D eigenvalue weighted by atomic mass is 10.2. The third-order valence-corrected chi connectivity index (χ3v) is 1.99. The molecule has 2 nitrogen and oxygen atoms in total. The average Bonchev–Trinajstić information content (AvgIpc) is 2.04. The molecule has 0 aliphatic rings. The van der Waals surface area contributed by atoms with Crippen LogP contribution < -0.4 is 4.74 Å². The van der Waals surface area contributed by atoms with Gasteiger partial charge in [0.05, 0.1) is 12.7 Å². The molecule has 1 aromatic carbocycles. The SMILES string of the molecule is COc1cc(I)ccc1C=O. The summed E-state index contributed by atoms with van der Waals surface area (Å²) < 4.78 is 6.04. The number of carbonyl (C=O) groups is 1. The number of aldehydes is 1. The van der Waals surface area contributed by atoms with Crippen LogP contribution in [0.2, 0.25) is 0 Å². The van der Waals surface area contributed by atoms with Gasteiger partial charge in [-0.15, -0.1) is 0 Å². The van der Waals surface area contributed by atoms with Crippen molar-refractivity contribution in [2.45, 2.75) is 0 Å². The molecule has 0 aliphatic heterocycles. The average molecular weight is 262 g/mol. The Kier molecular flexibility index (Phi) is 2.87. The topological polar surface area (TPSA) is 26.3 Å². The minimum Gasteiger partial charge on any atom is -0.496 e. The van der Waals surface area contributed by atoms with Crippen molar-refractivity contribution < 1.29 is 9.53 Å². The van der Waals surface area contributed by atoms with Crippen LogP contribution in [0.1, 0.15) is 10.4 Å². The third-order valence-electron chi connectivity index (χ3n) is 1.32. The maximum absolute atomic E-state index is 10.4. The van der Waals surface area contributed by atoms with Crippen molar-refractivity contribution in [1.82, 2.24) is 0 Å². The molecule has 3 heteroatoms. The zero-order valence-corrected chi connectivity index (χ0v) is 8.16. The molecule has 1 aromatic rings. The summed E-state index contributed by atoms with van der Waals surface area (Å²) >= 11 is 2.17. The lowest BCUT2D eigenvalue weighted by molar-refractivity contribution is 0.112. The van der Waals surface area contributed by atoms with Crippen molar-refractivity contribution in [2.75, 3.05) is 7.11 Å². The summed E-state index contributed by atoms with van der Waals surface area (Å²) in [4.78, 5) is 10.4. The molecule has 58 valence electrons. The predicted octanol–water partition coefficient (Wildman–Crippen LogP) is 2.11. The second-order valence-corrected chi connectivity index (χ2v) is 3.25. The van der Waals surface area contributed by atoms with Gasteiger partial charge in [0.25, 0.3) is 0 Å². The van der Waals surface area contributed by atoms with Gasteiger partial charge in [-0.05, 0) is 40.8 Å². The van der Waals surface area contributed by atoms with Gasteiger partial charge in [0.2, 0.25) is 0 Å². The lowest BCUT2D eigenvalue weighted by Gasteiger charge is -2.02. The van der Waals surface area contributed by atoms with Crippen molar-refractivity contribution in [3.05, 3.63) is 27.3 Å². The normalized spacial score (nSPS) is 9.27. The van der Waals surface area contributed by atoms with Gasteiger partial charge < -0.3 is 4.74 Å². The first-order valence-electron chi connectivity index (χ1n) is 3.06. The largest absolute Gasteiger partial charge is 0.496 e. The fourth-order valence-corrected chi connectivity index (χ4v) is 1.24. The summed E-state index contributed by atoms with van der Waals surface area (Å²) in [6.07, 6.45) is 0.787. The van der Waals surface area contributed by atoms with E-state index in [1.165, 1.54) is 0 Å². The molecule has 1 rings (SSSR count). The number of carbonyl (C=O) groups excluding carboxylic acids is 1. The van der Waals surface area contributed by atoms with Gasteiger partial charge >= 0.3 is 0 Å². The summed E-state index contributed by atoms with van der Waals surface area (Å²) in [6.45, 7) is 0. The maximum atomic E-state index is 10.4. The second-order valence-electron chi connectivity index (χ2n) is 2.00. The molecular formula is C8H7IO2. The Labute approximate surface area is 78.7 Å². The molecule has 0 heterocycles. The highest BCUT2D eigenvalue weighted by Crippen LogP contribution is 2.19. The number of hydrogen-bond acceptors (Lipinski definition) is 2. The van der Waals surface area contributed by atoms with Gasteiger partial charge in [0.1, 0.15) is 5.75 Å². The van der Waals surface area contributed by atoms with E-state index in [0.29, 0.717) is 11.3 Å². The molecule has 0 aromatic heterocycles. The molecule has 0 N–H and O–H groups in total. The van der Waals surface area contributed by atoms with E-state index in [1.54, 1.807) is 13.2 Å². The minimum atomic E-state index is 0.591. The van der Waals surface area contributed by atoms with Crippen molar-refractivity contribution in [3.8, 4) is 5.75 Å². The number of methoxy groups -OCH3 is 1. The van der Waals surface area contributed by atoms with Crippen molar-refractivity contribution in [3.63, 3.8) is 0 Å². The highest BCUT2D eigenvalue weighted by Gasteiger charge is 2.00. The van der Waals surface area contributed by atoms with Crippen LogP contribution in [0.5, 0.6) is 5.75 Å². The van der Waals surface area contributed by atoms with Gasteiger partial charge in [-0.3, -0.25) is 4.79 Å². The van der Waals surface area contributed by atoms with Crippen LogP contribution in [0.25, 0.3) is 0 Å². The molecule has 0 fully saturated rings. The van der Waals surface area contributed by atoms with E-state index >= 15 is 0 Å². The summed E-state index contributed by atoms with van der Waals surface area (Å²) in [6, 6.07) is 5.44. The number of ether oxygens (including phenoxy) is 1. The molecule has 0 saturated heterocycles. The zero-order valence-electron chi connectivity index (χ0n) is 6.00. The van der Waals surface area contributed by atoms with Gasteiger partial charge in [-0.2, -0.15) is 0 Å². The number of halogens is 1. The Morgan fingerprint density at radius 2 is 2.27 bits per heavy atom. The molecular weight excluding hydrogens is 255 g/mol. The molecule has 0 bridgehead atoms. The molecule has 0 spiro atoms. The first kappa shape index (κ1) is 8.52. The van der Waals surface area contributed by atoms with Crippen LogP contribution in [0.4, 0.5) is 0 Å². The summed E-state index contributed by atoms with van der Waals surface area (Å²) in [5.74, 6) is 0.631. The molecule has 0 aliphatic carbocycles.